The van der Waals surface area contributed by atoms with E-state index in [-0.39, 0.29) is 0 Å². The summed E-state index contributed by atoms with van der Waals surface area (Å²) in [6.45, 7) is 4.98. The molecule has 0 unspecified atom stereocenters. The van der Waals surface area contributed by atoms with Gasteiger partial charge in [-0.05, 0) is 17.5 Å². The molecule has 3 rings (SSSR count). The van der Waals surface area contributed by atoms with E-state index in [9.17, 15) is 0 Å². The lowest BCUT2D eigenvalue weighted by atomic mass is 10.1. The minimum absolute atomic E-state index is 0.424. The predicted octanol–water partition coefficient (Wildman–Crippen LogP) is 2.31. The van der Waals surface area contributed by atoms with Gasteiger partial charge in [0.15, 0.2) is 0 Å². The van der Waals surface area contributed by atoms with E-state index < -0.39 is 0 Å². The highest BCUT2D eigenvalue weighted by Crippen LogP contribution is 2.21. The van der Waals surface area contributed by atoms with Crippen molar-refractivity contribution in [2.75, 3.05) is 0 Å². The maximum atomic E-state index is 4.21. The first-order valence-corrected chi connectivity index (χ1v) is 6.72. The molecule has 3 aromatic rings. The van der Waals surface area contributed by atoms with Crippen LogP contribution in [0.2, 0.25) is 0 Å². The topological polar surface area (TPSA) is 55.6 Å². The molecule has 2 heterocycles. The van der Waals surface area contributed by atoms with Gasteiger partial charge >= 0.3 is 0 Å². The second-order valence-electron chi connectivity index (χ2n) is 5.05. The molecule has 0 atom stereocenters. The zero-order chi connectivity index (χ0) is 13.9. The highest BCUT2D eigenvalue weighted by molar-refractivity contribution is 5.89. The first-order valence-electron chi connectivity index (χ1n) is 6.72. The van der Waals surface area contributed by atoms with Crippen molar-refractivity contribution in [1.29, 1.82) is 0 Å². The first kappa shape index (κ1) is 12.7. The summed E-state index contributed by atoms with van der Waals surface area (Å²) in [6.07, 6.45) is 5.46. The molecule has 0 spiro atoms. The first-order chi connectivity index (χ1) is 9.75. The Morgan fingerprint density at radius 1 is 1.20 bits per heavy atom. The molecule has 2 aromatic heterocycles. The Labute approximate surface area is 117 Å². The van der Waals surface area contributed by atoms with Crippen molar-refractivity contribution in [2.45, 2.75) is 26.4 Å². The Balaban J connectivity index is 2.05. The summed E-state index contributed by atoms with van der Waals surface area (Å²) in [7, 11) is 0. The number of aromatic nitrogens is 4. The second-order valence-corrected chi connectivity index (χ2v) is 5.05. The van der Waals surface area contributed by atoms with Crippen molar-refractivity contribution in [1.82, 2.24) is 25.3 Å². The molecule has 1 N–H and O–H groups in total. The number of nitrogens with zero attached hydrogens (tertiary/aromatic N) is 4. The van der Waals surface area contributed by atoms with Gasteiger partial charge < -0.3 is 5.32 Å². The summed E-state index contributed by atoms with van der Waals surface area (Å²) in [4.78, 5) is 4.21. The normalized spacial score (nSPS) is 11.3. The summed E-state index contributed by atoms with van der Waals surface area (Å²) >= 11 is 0. The van der Waals surface area contributed by atoms with Crippen molar-refractivity contribution in [3.05, 3.63) is 48.5 Å². The van der Waals surface area contributed by atoms with Crippen LogP contribution in [0.5, 0.6) is 0 Å². The maximum absolute atomic E-state index is 4.21. The SMILES string of the molecule is CC(C)NCc1cnnn1-c1cccc2ccncc12. The van der Waals surface area contributed by atoms with Crippen molar-refractivity contribution >= 4 is 10.8 Å². The number of hydrogen-bond donors (Lipinski definition) is 1. The molecule has 0 saturated heterocycles. The number of pyridine rings is 1. The van der Waals surface area contributed by atoms with Gasteiger partial charge in [-0.2, -0.15) is 0 Å². The molecule has 0 saturated carbocycles. The van der Waals surface area contributed by atoms with E-state index in [4.69, 9.17) is 0 Å². The van der Waals surface area contributed by atoms with E-state index in [1.54, 1.807) is 12.4 Å². The van der Waals surface area contributed by atoms with Gasteiger partial charge in [0.1, 0.15) is 0 Å². The Hall–Kier alpha value is -2.27. The van der Waals surface area contributed by atoms with Crippen LogP contribution in [0.1, 0.15) is 19.5 Å². The van der Waals surface area contributed by atoms with Gasteiger partial charge in [-0.25, -0.2) is 4.68 Å². The molecule has 0 aliphatic rings. The van der Waals surface area contributed by atoms with Crippen LogP contribution < -0.4 is 5.32 Å². The maximum Gasteiger partial charge on any atom is 0.0784 e. The molecule has 0 aliphatic carbocycles. The molecule has 1 aromatic carbocycles. The fourth-order valence-electron chi connectivity index (χ4n) is 2.17. The smallest absolute Gasteiger partial charge is 0.0784 e. The second kappa shape index (κ2) is 5.38. The fraction of sp³-hybridized carbons (Fsp3) is 0.267. The summed E-state index contributed by atoms with van der Waals surface area (Å²) in [6, 6.07) is 8.56. The number of nitrogens with one attached hydrogen (secondary N) is 1. The summed E-state index contributed by atoms with van der Waals surface area (Å²) in [5, 5.41) is 13.9. The Kier molecular flexibility index (Phi) is 3.43. The lowest BCUT2D eigenvalue weighted by Crippen LogP contribution is -2.23. The van der Waals surface area contributed by atoms with Crippen molar-refractivity contribution in [3.63, 3.8) is 0 Å². The van der Waals surface area contributed by atoms with Gasteiger partial charge in [0, 0.05) is 30.4 Å². The third-order valence-electron chi connectivity index (χ3n) is 3.20. The molecule has 5 nitrogen and oxygen atoms in total. The van der Waals surface area contributed by atoms with Crippen LogP contribution in [-0.2, 0) is 6.54 Å². The highest BCUT2D eigenvalue weighted by Gasteiger charge is 2.09. The van der Waals surface area contributed by atoms with Crippen molar-refractivity contribution in [3.8, 4) is 5.69 Å². The molecule has 0 aliphatic heterocycles. The monoisotopic (exact) mass is 267 g/mol. The molecule has 102 valence electrons. The molecule has 0 amide bonds. The molecule has 0 fully saturated rings. The van der Waals surface area contributed by atoms with E-state index in [0.717, 1.165) is 28.7 Å². The molecular formula is C15H17N5. The lowest BCUT2D eigenvalue weighted by molar-refractivity contribution is 0.570. The summed E-state index contributed by atoms with van der Waals surface area (Å²) < 4.78 is 1.87. The van der Waals surface area contributed by atoms with Crippen molar-refractivity contribution in [2.24, 2.45) is 0 Å². The predicted molar refractivity (Wildman–Crippen MR) is 78.6 cm³/mol. The molecule has 0 bridgehead atoms. The Morgan fingerprint density at radius 2 is 2.10 bits per heavy atom. The zero-order valence-corrected chi connectivity index (χ0v) is 11.6. The zero-order valence-electron chi connectivity index (χ0n) is 11.6. The average molecular weight is 267 g/mol. The third kappa shape index (κ3) is 2.40. The number of rotatable bonds is 4. The van der Waals surface area contributed by atoms with Crippen molar-refractivity contribution < 1.29 is 0 Å². The van der Waals surface area contributed by atoms with Crippen LogP contribution in [0.15, 0.2) is 42.9 Å². The Bertz CT molecular complexity index is 712. The van der Waals surface area contributed by atoms with E-state index in [0.29, 0.717) is 6.04 Å². The number of hydrogen-bond acceptors (Lipinski definition) is 4. The highest BCUT2D eigenvalue weighted by atomic mass is 15.4. The number of benzene rings is 1. The van der Waals surface area contributed by atoms with E-state index >= 15 is 0 Å². The van der Waals surface area contributed by atoms with Gasteiger partial charge in [-0.3, -0.25) is 4.98 Å². The minimum Gasteiger partial charge on any atom is -0.309 e. The largest absolute Gasteiger partial charge is 0.309 e. The minimum atomic E-state index is 0.424. The van der Waals surface area contributed by atoms with Crippen LogP contribution in [0, 0.1) is 0 Å². The van der Waals surface area contributed by atoms with Gasteiger partial charge in [0.05, 0.1) is 17.6 Å². The standard InChI is InChI=1S/C15H17N5/c1-11(2)17-8-13-9-18-19-20(13)15-5-3-4-12-6-7-16-10-14(12)15/h3-7,9-11,17H,8H2,1-2H3. The van der Waals surface area contributed by atoms with E-state index in [1.165, 1.54) is 0 Å². The van der Waals surface area contributed by atoms with Crippen LogP contribution in [0.25, 0.3) is 16.5 Å². The van der Waals surface area contributed by atoms with Gasteiger partial charge in [-0.15, -0.1) is 5.10 Å². The summed E-state index contributed by atoms with van der Waals surface area (Å²) in [5.41, 5.74) is 2.05. The van der Waals surface area contributed by atoms with Crippen LogP contribution in [0.3, 0.4) is 0 Å². The van der Waals surface area contributed by atoms with Gasteiger partial charge in [0.25, 0.3) is 0 Å². The summed E-state index contributed by atoms with van der Waals surface area (Å²) in [5.74, 6) is 0. The third-order valence-corrected chi connectivity index (χ3v) is 3.20. The van der Waals surface area contributed by atoms with E-state index in [1.807, 2.05) is 29.1 Å². The molecular weight excluding hydrogens is 250 g/mol. The molecule has 5 heteroatoms. The van der Waals surface area contributed by atoms with Crippen LogP contribution in [0.4, 0.5) is 0 Å². The van der Waals surface area contributed by atoms with Gasteiger partial charge in [-0.1, -0.05) is 31.2 Å². The fourth-order valence-corrected chi connectivity index (χ4v) is 2.17. The average Bonchev–Trinajstić information content (AvgIpc) is 2.92. The number of fused-ring (bicyclic) bond motifs is 1. The Morgan fingerprint density at radius 3 is 2.95 bits per heavy atom. The lowest BCUT2D eigenvalue weighted by Gasteiger charge is -2.11. The van der Waals surface area contributed by atoms with Crippen LogP contribution >= 0.6 is 0 Å². The van der Waals surface area contributed by atoms with E-state index in [2.05, 4.69) is 40.5 Å². The molecule has 0 radical (unpaired) electrons. The van der Waals surface area contributed by atoms with Crippen LogP contribution in [-0.4, -0.2) is 26.0 Å². The molecule has 20 heavy (non-hydrogen) atoms. The quantitative estimate of drug-likeness (QED) is 0.788. The van der Waals surface area contributed by atoms with Gasteiger partial charge in [0.2, 0.25) is 0 Å².